The second-order valence-corrected chi connectivity index (χ2v) is 3.27. The van der Waals surface area contributed by atoms with Crippen LogP contribution in [0.3, 0.4) is 0 Å². The van der Waals surface area contributed by atoms with E-state index in [1.807, 2.05) is 0 Å². The van der Waals surface area contributed by atoms with Gasteiger partial charge in [0.25, 0.3) is 0 Å². The molecule has 4 nitrogen and oxygen atoms in total. The van der Waals surface area contributed by atoms with Gasteiger partial charge in [0, 0.05) is 5.56 Å². The Balaban J connectivity index is 3.06. The van der Waals surface area contributed by atoms with Crippen LogP contribution < -0.4 is 5.73 Å². The highest BCUT2D eigenvalue weighted by Crippen LogP contribution is 2.22. The van der Waals surface area contributed by atoms with E-state index < -0.39 is 23.9 Å². The lowest BCUT2D eigenvalue weighted by Crippen LogP contribution is -2.34. The van der Waals surface area contributed by atoms with E-state index in [4.69, 9.17) is 5.73 Å². The summed E-state index contributed by atoms with van der Waals surface area (Å²) < 4.78 is 13.5. The Morgan fingerprint density at radius 3 is 2.60 bits per heavy atom. The van der Waals surface area contributed by atoms with Gasteiger partial charge in [-0.3, -0.25) is 4.79 Å². The number of halogens is 1. The molecule has 0 saturated heterocycles. The number of carbonyl (C=O) groups is 1. The first kappa shape index (κ1) is 11.6. The fourth-order valence-corrected chi connectivity index (χ4v) is 1.22. The molecule has 2 atom stereocenters. The molecule has 0 aliphatic heterocycles. The average Bonchev–Trinajstić information content (AvgIpc) is 2.20. The van der Waals surface area contributed by atoms with Crippen molar-refractivity contribution in [2.45, 2.75) is 19.1 Å². The van der Waals surface area contributed by atoms with Crippen LogP contribution in [-0.2, 0) is 4.79 Å². The normalized spacial score (nSPS) is 14.7. The van der Waals surface area contributed by atoms with Crippen molar-refractivity contribution in [1.29, 1.82) is 0 Å². The van der Waals surface area contributed by atoms with Crippen LogP contribution in [0, 0.1) is 12.7 Å². The molecule has 0 aliphatic carbocycles. The lowest BCUT2D eigenvalue weighted by molar-refractivity contribution is -0.132. The number of hydrogen-bond acceptors (Lipinski definition) is 3. The van der Waals surface area contributed by atoms with Gasteiger partial charge in [0.05, 0.1) is 0 Å². The first-order valence-corrected chi connectivity index (χ1v) is 4.35. The number of rotatable bonds is 3. The maximum Gasteiger partial charge on any atom is 0.249 e. The zero-order chi connectivity index (χ0) is 11.6. The molecule has 0 radical (unpaired) electrons. The lowest BCUT2D eigenvalue weighted by atomic mass is 10.0. The van der Waals surface area contributed by atoms with Gasteiger partial charge in [0.1, 0.15) is 11.9 Å². The van der Waals surface area contributed by atoms with Crippen molar-refractivity contribution in [2.75, 3.05) is 0 Å². The number of primary amides is 1. The number of aliphatic hydroxyl groups is 2. The van der Waals surface area contributed by atoms with Crippen molar-refractivity contribution in [3.63, 3.8) is 0 Å². The smallest absolute Gasteiger partial charge is 0.249 e. The SMILES string of the molecule is Cc1cccc(C(O)C(O)C(N)=O)c1F. The van der Waals surface area contributed by atoms with Crippen LogP contribution in [0.2, 0.25) is 0 Å². The molecule has 2 unspecified atom stereocenters. The van der Waals surface area contributed by atoms with Crippen LogP contribution in [0.5, 0.6) is 0 Å². The predicted molar refractivity (Wildman–Crippen MR) is 51.3 cm³/mol. The third-order valence-corrected chi connectivity index (χ3v) is 2.13. The number of amides is 1. The van der Waals surface area contributed by atoms with Crippen molar-refractivity contribution in [2.24, 2.45) is 5.73 Å². The van der Waals surface area contributed by atoms with Crippen molar-refractivity contribution < 1.29 is 19.4 Å². The molecule has 82 valence electrons. The largest absolute Gasteiger partial charge is 0.385 e. The highest BCUT2D eigenvalue weighted by Gasteiger charge is 2.26. The van der Waals surface area contributed by atoms with E-state index in [0.29, 0.717) is 5.56 Å². The van der Waals surface area contributed by atoms with Crippen LogP contribution >= 0.6 is 0 Å². The van der Waals surface area contributed by atoms with Crippen LogP contribution in [0.4, 0.5) is 4.39 Å². The molecule has 0 aromatic heterocycles. The summed E-state index contributed by atoms with van der Waals surface area (Å²) >= 11 is 0. The zero-order valence-corrected chi connectivity index (χ0v) is 8.14. The van der Waals surface area contributed by atoms with Gasteiger partial charge < -0.3 is 15.9 Å². The summed E-state index contributed by atoms with van der Waals surface area (Å²) in [4.78, 5) is 10.6. The minimum Gasteiger partial charge on any atom is -0.385 e. The first-order valence-electron chi connectivity index (χ1n) is 4.35. The molecular formula is C10H12FNO3. The molecule has 0 fully saturated rings. The van der Waals surface area contributed by atoms with E-state index in [9.17, 15) is 19.4 Å². The third kappa shape index (κ3) is 2.31. The van der Waals surface area contributed by atoms with E-state index in [2.05, 4.69) is 0 Å². The number of hydrogen-bond donors (Lipinski definition) is 3. The van der Waals surface area contributed by atoms with Gasteiger partial charge in [0.2, 0.25) is 5.91 Å². The number of nitrogens with two attached hydrogens (primary N) is 1. The second-order valence-electron chi connectivity index (χ2n) is 3.27. The van der Waals surface area contributed by atoms with Crippen molar-refractivity contribution in [1.82, 2.24) is 0 Å². The number of carbonyl (C=O) groups excluding carboxylic acids is 1. The van der Waals surface area contributed by atoms with Crippen LogP contribution in [0.25, 0.3) is 0 Å². The molecule has 15 heavy (non-hydrogen) atoms. The Bertz CT molecular complexity index is 381. The van der Waals surface area contributed by atoms with E-state index in [1.54, 1.807) is 0 Å². The molecule has 0 aliphatic rings. The second kappa shape index (κ2) is 4.37. The summed E-state index contributed by atoms with van der Waals surface area (Å²) in [5.74, 6) is -1.74. The van der Waals surface area contributed by atoms with Gasteiger partial charge in [-0.25, -0.2) is 4.39 Å². The summed E-state index contributed by atoms with van der Waals surface area (Å²) in [6.45, 7) is 1.52. The van der Waals surface area contributed by atoms with E-state index in [1.165, 1.54) is 25.1 Å². The van der Waals surface area contributed by atoms with Gasteiger partial charge in [0.15, 0.2) is 6.10 Å². The minimum atomic E-state index is -1.80. The van der Waals surface area contributed by atoms with Crippen LogP contribution in [-0.4, -0.2) is 22.2 Å². The molecule has 4 N–H and O–H groups in total. The lowest BCUT2D eigenvalue weighted by Gasteiger charge is -2.16. The average molecular weight is 213 g/mol. The van der Waals surface area contributed by atoms with Crippen molar-refractivity contribution in [3.8, 4) is 0 Å². The van der Waals surface area contributed by atoms with Gasteiger partial charge >= 0.3 is 0 Å². The zero-order valence-electron chi connectivity index (χ0n) is 8.14. The first-order chi connectivity index (χ1) is 6.95. The topological polar surface area (TPSA) is 83.6 Å². The fraction of sp³-hybridized carbons (Fsp3) is 0.300. The van der Waals surface area contributed by atoms with Crippen LogP contribution in [0.1, 0.15) is 17.2 Å². The molecule has 0 saturated carbocycles. The van der Waals surface area contributed by atoms with Gasteiger partial charge in [-0.1, -0.05) is 18.2 Å². The molecule has 0 spiro atoms. The number of aryl methyl sites for hydroxylation is 1. The van der Waals surface area contributed by atoms with Crippen molar-refractivity contribution >= 4 is 5.91 Å². The summed E-state index contributed by atoms with van der Waals surface area (Å²) in [7, 11) is 0. The predicted octanol–water partition coefficient (Wildman–Crippen LogP) is 0.0137. The monoisotopic (exact) mass is 213 g/mol. The maximum absolute atomic E-state index is 13.5. The molecule has 5 heteroatoms. The quantitative estimate of drug-likeness (QED) is 0.661. The summed E-state index contributed by atoms with van der Waals surface area (Å²) in [6.07, 6.45) is -3.44. The standard InChI is InChI=1S/C10H12FNO3/c1-5-3-2-4-6(7(5)11)8(13)9(14)10(12)15/h2-4,8-9,13-14H,1H3,(H2,12,15). The highest BCUT2D eigenvalue weighted by atomic mass is 19.1. The number of benzene rings is 1. The molecule has 1 amide bonds. The fourth-order valence-electron chi connectivity index (χ4n) is 1.22. The molecule has 1 rings (SSSR count). The van der Waals surface area contributed by atoms with E-state index in [0.717, 1.165) is 0 Å². The molecule has 0 bridgehead atoms. The van der Waals surface area contributed by atoms with Crippen molar-refractivity contribution in [3.05, 3.63) is 35.1 Å². The summed E-state index contributed by atoms with van der Waals surface area (Å²) in [5, 5.41) is 18.6. The Hall–Kier alpha value is -1.46. The van der Waals surface area contributed by atoms with Gasteiger partial charge in [-0.05, 0) is 12.5 Å². The van der Waals surface area contributed by atoms with E-state index >= 15 is 0 Å². The summed E-state index contributed by atoms with van der Waals surface area (Å²) in [6, 6.07) is 4.33. The Kier molecular flexibility index (Phi) is 3.39. The van der Waals surface area contributed by atoms with Gasteiger partial charge in [-0.2, -0.15) is 0 Å². The Labute approximate surface area is 86.1 Å². The minimum absolute atomic E-state index is 0.138. The molecule has 1 aromatic rings. The molecular weight excluding hydrogens is 201 g/mol. The third-order valence-electron chi connectivity index (χ3n) is 2.13. The van der Waals surface area contributed by atoms with Crippen LogP contribution in [0.15, 0.2) is 18.2 Å². The maximum atomic E-state index is 13.5. The number of aliphatic hydroxyl groups excluding tert-OH is 2. The van der Waals surface area contributed by atoms with E-state index in [-0.39, 0.29) is 5.56 Å². The highest BCUT2D eigenvalue weighted by molar-refractivity contribution is 5.79. The Morgan fingerprint density at radius 2 is 2.07 bits per heavy atom. The molecule has 1 aromatic carbocycles. The van der Waals surface area contributed by atoms with Gasteiger partial charge in [-0.15, -0.1) is 0 Å². The molecule has 0 heterocycles. The Morgan fingerprint density at radius 1 is 1.47 bits per heavy atom. The summed E-state index contributed by atoms with van der Waals surface area (Å²) in [5.41, 5.74) is 4.98.